The van der Waals surface area contributed by atoms with Gasteiger partial charge in [-0.2, -0.15) is 0 Å². The van der Waals surface area contributed by atoms with E-state index in [1.165, 1.54) is 11.3 Å². The zero-order valence-electron chi connectivity index (χ0n) is 14.7. The number of hydrogen-bond donors (Lipinski definition) is 2. The number of halogens is 1. The maximum absolute atomic E-state index is 12.7. The van der Waals surface area contributed by atoms with Crippen molar-refractivity contribution in [3.63, 3.8) is 0 Å². The Hall–Kier alpha value is -3.43. The molecule has 0 unspecified atom stereocenters. The minimum Gasteiger partial charge on any atom is -0.338 e. The zero-order valence-corrected chi connectivity index (χ0v) is 16.3. The zero-order chi connectivity index (χ0) is 20.4. The van der Waals surface area contributed by atoms with Crippen LogP contribution in [-0.2, 0) is 6.54 Å². The molecule has 0 spiro atoms. The molecule has 0 aliphatic carbocycles. The highest BCUT2D eigenvalue weighted by molar-refractivity contribution is 7.13. The summed E-state index contributed by atoms with van der Waals surface area (Å²) in [6.07, 6.45) is 1.07. The molecule has 3 aromatic heterocycles. The van der Waals surface area contributed by atoms with Crippen LogP contribution in [0.5, 0.6) is 0 Å². The number of H-pyrrole nitrogens is 1. The van der Waals surface area contributed by atoms with Crippen LogP contribution < -0.4 is 16.6 Å². The Balaban J connectivity index is 1.60. The third-order valence-corrected chi connectivity index (χ3v) is 5.37. The molecule has 0 fully saturated rings. The van der Waals surface area contributed by atoms with E-state index >= 15 is 0 Å². The summed E-state index contributed by atoms with van der Waals surface area (Å²) in [4.78, 5) is 40.7. The van der Waals surface area contributed by atoms with Gasteiger partial charge < -0.3 is 9.51 Å². The van der Waals surface area contributed by atoms with Crippen molar-refractivity contribution in [2.75, 3.05) is 5.32 Å². The van der Waals surface area contributed by atoms with Gasteiger partial charge in [-0.05, 0) is 23.1 Å². The highest BCUT2D eigenvalue weighted by atomic mass is 35.5. The summed E-state index contributed by atoms with van der Waals surface area (Å²) >= 11 is 7.58. The quantitative estimate of drug-likeness (QED) is 0.507. The molecule has 0 radical (unpaired) electrons. The maximum atomic E-state index is 12.7. The number of carbonyl (C=O) groups is 1. The minimum absolute atomic E-state index is 0.0696. The summed E-state index contributed by atoms with van der Waals surface area (Å²) in [5, 5.41) is 8.67. The van der Waals surface area contributed by atoms with E-state index in [9.17, 15) is 14.4 Å². The van der Waals surface area contributed by atoms with E-state index < -0.39 is 17.2 Å². The van der Waals surface area contributed by atoms with E-state index in [4.69, 9.17) is 16.1 Å². The van der Waals surface area contributed by atoms with Crippen LogP contribution in [0.15, 0.2) is 68.2 Å². The lowest BCUT2D eigenvalue weighted by molar-refractivity contribution is 0.102. The molecule has 1 amide bonds. The number of benzene rings is 1. The van der Waals surface area contributed by atoms with Crippen molar-refractivity contribution in [2.24, 2.45) is 0 Å². The van der Waals surface area contributed by atoms with Gasteiger partial charge in [-0.25, -0.2) is 4.79 Å². The number of amides is 1. The maximum Gasteiger partial charge on any atom is 0.328 e. The molecule has 0 saturated heterocycles. The van der Waals surface area contributed by atoms with Crippen molar-refractivity contribution in [3.8, 4) is 10.6 Å². The van der Waals surface area contributed by atoms with Crippen LogP contribution in [0.25, 0.3) is 10.6 Å². The number of anilines is 1. The highest BCUT2D eigenvalue weighted by Gasteiger charge is 2.18. The smallest absolute Gasteiger partial charge is 0.328 e. The summed E-state index contributed by atoms with van der Waals surface area (Å²) in [7, 11) is 0. The van der Waals surface area contributed by atoms with Crippen molar-refractivity contribution in [2.45, 2.75) is 6.54 Å². The van der Waals surface area contributed by atoms with Crippen molar-refractivity contribution < 1.29 is 9.32 Å². The van der Waals surface area contributed by atoms with Gasteiger partial charge in [-0.15, -0.1) is 11.3 Å². The Morgan fingerprint density at radius 1 is 1.24 bits per heavy atom. The van der Waals surface area contributed by atoms with Crippen molar-refractivity contribution in [1.29, 1.82) is 0 Å². The molecule has 0 saturated carbocycles. The highest BCUT2D eigenvalue weighted by Crippen LogP contribution is 2.25. The molecule has 4 rings (SSSR count). The van der Waals surface area contributed by atoms with Gasteiger partial charge in [0.15, 0.2) is 0 Å². The Morgan fingerprint density at radius 2 is 2.07 bits per heavy atom. The fourth-order valence-electron chi connectivity index (χ4n) is 2.67. The second-order valence-corrected chi connectivity index (χ2v) is 7.35. The van der Waals surface area contributed by atoms with Gasteiger partial charge in [0.25, 0.3) is 11.5 Å². The van der Waals surface area contributed by atoms with Gasteiger partial charge in [-0.1, -0.05) is 41.0 Å². The van der Waals surface area contributed by atoms with E-state index in [-0.39, 0.29) is 18.0 Å². The molecule has 1 aromatic carbocycles. The average molecular weight is 429 g/mol. The fourth-order valence-corrected chi connectivity index (χ4v) is 3.54. The third-order valence-electron chi connectivity index (χ3n) is 4.11. The van der Waals surface area contributed by atoms with Crippen LogP contribution in [0.2, 0.25) is 5.02 Å². The van der Waals surface area contributed by atoms with Crippen LogP contribution in [-0.4, -0.2) is 20.6 Å². The number of aromatic amines is 1. The second kappa shape index (κ2) is 7.90. The van der Waals surface area contributed by atoms with Crippen molar-refractivity contribution in [1.82, 2.24) is 14.7 Å². The van der Waals surface area contributed by atoms with Crippen LogP contribution in [0.3, 0.4) is 0 Å². The molecule has 3 heterocycles. The standard InChI is InChI=1S/C19H13ClN4O4S/c20-13-5-2-1-4-11(13)10-24-18(26)12(9-21-19(24)27)17(25)22-16-8-14(23-28-16)15-6-3-7-29-15/h1-9H,10H2,(H,21,27)(H,22,25). The number of nitrogens with zero attached hydrogens (tertiary/aromatic N) is 2. The first-order chi connectivity index (χ1) is 14.0. The minimum atomic E-state index is -0.746. The first-order valence-corrected chi connectivity index (χ1v) is 9.66. The largest absolute Gasteiger partial charge is 0.338 e. The lowest BCUT2D eigenvalue weighted by atomic mass is 10.2. The lowest BCUT2D eigenvalue weighted by Gasteiger charge is -2.08. The van der Waals surface area contributed by atoms with E-state index in [1.54, 1.807) is 30.3 Å². The Bertz CT molecular complexity index is 1290. The third kappa shape index (κ3) is 3.91. The van der Waals surface area contributed by atoms with Crippen LogP contribution in [0.4, 0.5) is 5.88 Å². The first-order valence-electron chi connectivity index (χ1n) is 8.41. The molecule has 2 N–H and O–H groups in total. The van der Waals surface area contributed by atoms with Crippen molar-refractivity contribution >= 4 is 34.7 Å². The van der Waals surface area contributed by atoms with Crippen LogP contribution in [0.1, 0.15) is 15.9 Å². The summed E-state index contributed by atoms with van der Waals surface area (Å²) in [5.74, 6) is -0.644. The summed E-state index contributed by atoms with van der Waals surface area (Å²) in [5.41, 5.74) is -0.496. The van der Waals surface area contributed by atoms with E-state index in [0.29, 0.717) is 16.3 Å². The SMILES string of the molecule is O=C(Nc1cc(-c2cccs2)no1)c1c[nH]c(=O)n(Cc2ccccc2Cl)c1=O. The number of rotatable bonds is 5. The van der Waals surface area contributed by atoms with Crippen LogP contribution >= 0.6 is 22.9 Å². The summed E-state index contributed by atoms with van der Waals surface area (Å²) in [6.45, 7) is -0.0696. The molecule has 4 aromatic rings. The molecule has 0 aliphatic rings. The average Bonchev–Trinajstić information content (AvgIpc) is 3.38. The molecule has 146 valence electrons. The van der Waals surface area contributed by atoms with Gasteiger partial charge in [0.05, 0.1) is 11.4 Å². The lowest BCUT2D eigenvalue weighted by Crippen LogP contribution is -2.39. The molecular weight excluding hydrogens is 416 g/mol. The fraction of sp³-hybridized carbons (Fsp3) is 0.0526. The van der Waals surface area contributed by atoms with E-state index in [0.717, 1.165) is 15.6 Å². The van der Waals surface area contributed by atoms with Gasteiger partial charge >= 0.3 is 5.69 Å². The number of aromatic nitrogens is 3. The van der Waals surface area contributed by atoms with Gasteiger partial charge in [0.1, 0.15) is 11.3 Å². The molecule has 10 heteroatoms. The predicted octanol–water partition coefficient (Wildman–Crippen LogP) is 3.21. The Morgan fingerprint density at radius 3 is 2.83 bits per heavy atom. The molecule has 0 bridgehead atoms. The number of thiophene rings is 1. The molecule has 0 aliphatic heterocycles. The summed E-state index contributed by atoms with van der Waals surface area (Å²) < 4.78 is 6.02. The predicted molar refractivity (Wildman–Crippen MR) is 110 cm³/mol. The van der Waals surface area contributed by atoms with Gasteiger partial charge in [0, 0.05) is 17.3 Å². The van der Waals surface area contributed by atoms with Crippen LogP contribution in [0, 0.1) is 0 Å². The molecule has 0 atom stereocenters. The number of hydrogen-bond acceptors (Lipinski definition) is 6. The van der Waals surface area contributed by atoms with E-state index in [2.05, 4.69) is 15.5 Å². The molecular formula is C19H13ClN4O4S. The monoisotopic (exact) mass is 428 g/mol. The number of nitrogens with one attached hydrogen (secondary N) is 2. The summed E-state index contributed by atoms with van der Waals surface area (Å²) in [6, 6.07) is 12.1. The molecule has 8 nitrogen and oxygen atoms in total. The number of carbonyl (C=O) groups excluding carboxylic acids is 1. The molecule has 29 heavy (non-hydrogen) atoms. The van der Waals surface area contributed by atoms with Gasteiger partial charge in [0.2, 0.25) is 5.88 Å². The first kappa shape index (κ1) is 18.9. The Kier molecular flexibility index (Phi) is 5.15. The topological polar surface area (TPSA) is 110 Å². The van der Waals surface area contributed by atoms with E-state index in [1.807, 2.05) is 17.5 Å². The van der Waals surface area contributed by atoms with Gasteiger partial charge in [-0.3, -0.25) is 19.5 Å². The van der Waals surface area contributed by atoms with Crippen molar-refractivity contribution in [3.05, 3.63) is 91.0 Å². The Labute approximate surface area is 172 Å². The second-order valence-electron chi connectivity index (χ2n) is 6.00. The normalized spacial score (nSPS) is 10.8.